The van der Waals surface area contributed by atoms with Crippen molar-refractivity contribution in [1.29, 1.82) is 0 Å². The number of carbonyl (C=O) groups excluding carboxylic acids is 1. The van der Waals surface area contributed by atoms with Crippen molar-refractivity contribution in [3.05, 3.63) is 42.0 Å². The third-order valence-corrected chi connectivity index (χ3v) is 3.40. The lowest BCUT2D eigenvalue weighted by molar-refractivity contribution is -0.137. The van der Waals surface area contributed by atoms with Crippen LogP contribution in [0.1, 0.15) is 38.2 Å². The fourth-order valence-electron chi connectivity index (χ4n) is 2.29. The highest BCUT2D eigenvalue weighted by molar-refractivity contribution is 5.92. The van der Waals surface area contributed by atoms with Gasteiger partial charge in [-0.1, -0.05) is 0 Å². The Balaban J connectivity index is 2.28. The molecular weight excluding hydrogens is 321 g/mol. The van der Waals surface area contributed by atoms with Crippen LogP contribution < -0.4 is 10.6 Å². The molecule has 0 fully saturated rings. The summed E-state index contributed by atoms with van der Waals surface area (Å²) >= 11 is 0. The van der Waals surface area contributed by atoms with E-state index in [1.165, 1.54) is 13.0 Å². The minimum absolute atomic E-state index is 0.181. The Kier molecular flexibility index (Phi) is 5.16. The monoisotopic (exact) mass is 340 g/mol. The van der Waals surface area contributed by atoms with E-state index < -0.39 is 11.7 Å². The van der Waals surface area contributed by atoms with Crippen molar-refractivity contribution in [2.45, 2.75) is 39.5 Å². The number of nitrogens with zero attached hydrogens (tertiary/aromatic N) is 2. The highest BCUT2D eigenvalue weighted by Gasteiger charge is 2.31. The van der Waals surface area contributed by atoms with E-state index in [0.717, 1.165) is 12.1 Å². The van der Waals surface area contributed by atoms with Gasteiger partial charge in [0.05, 0.1) is 23.5 Å². The molecule has 0 saturated carbocycles. The molecule has 0 atom stereocenters. The van der Waals surface area contributed by atoms with Crippen LogP contribution in [0, 0.1) is 0 Å². The predicted molar refractivity (Wildman–Crippen MR) is 85.7 cm³/mol. The Bertz CT molecular complexity index is 722. The Morgan fingerprint density at radius 1 is 1.29 bits per heavy atom. The van der Waals surface area contributed by atoms with E-state index in [9.17, 15) is 18.0 Å². The predicted octanol–water partition coefficient (Wildman–Crippen LogP) is 4.05. The van der Waals surface area contributed by atoms with Crippen LogP contribution in [0.15, 0.2) is 30.6 Å². The van der Waals surface area contributed by atoms with Gasteiger partial charge in [0, 0.05) is 25.4 Å². The molecule has 1 amide bonds. The zero-order valence-electron chi connectivity index (χ0n) is 13.6. The van der Waals surface area contributed by atoms with E-state index in [-0.39, 0.29) is 29.9 Å². The number of alkyl halides is 3. The van der Waals surface area contributed by atoms with Crippen molar-refractivity contribution in [3.8, 4) is 0 Å². The zero-order chi connectivity index (χ0) is 17.9. The van der Waals surface area contributed by atoms with E-state index in [4.69, 9.17) is 0 Å². The first-order chi connectivity index (χ1) is 11.2. The first-order valence-corrected chi connectivity index (χ1v) is 7.43. The molecular formula is C16H19F3N4O. The van der Waals surface area contributed by atoms with Crippen LogP contribution in [0.3, 0.4) is 0 Å². The average Bonchev–Trinajstić information content (AvgIpc) is 2.93. The molecule has 1 aromatic heterocycles. The van der Waals surface area contributed by atoms with Gasteiger partial charge < -0.3 is 15.2 Å². The van der Waals surface area contributed by atoms with Gasteiger partial charge in [-0.15, -0.1) is 0 Å². The van der Waals surface area contributed by atoms with Crippen molar-refractivity contribution >= 4 is 17.3 Å². The normalized spacial score (nSPS) is 11.6. The average molecular weight is 340 g/mol. The summed E-state index contributed by atoms with van der Waals surface area (Å²) in [6.45, 7) is 5.50. The molecule has 130 valence electrons. The van der Waals surface area contributed by atoms with Crippen LogP contribution in [-0.4, -0.2) is 15.5 Å². The molecule has 0 aliphatic heterocycles. The summed E-state index contributed by atoms with van der Waals surface area (Å²) in [7, 11) is 0. The molecule has 2 aromatic rings. The SMILES string of the molecule is CC(=O)Nc1ccc(C(F)(F)F)cc1NCc1nccn1C(C)C. The Morgan fingerprint density at radius 2 is 2.00 bits per heavy atom. The van der Waals surface area contributed by atoms with Crippen molar-refractivity contribution in [2.75, 3.05) is 10.6 Å². The van der Waals surface area contributed by atoms with Crippen molar-refractivity contribution in [3.63, 3.8) is 0 Å². The second kappa shape index (κ2) is 6.94. The fraction of sp³-hybridized carbons (Fsp3) is 0.375. The Morgan fingerprint density at radius 3 is 2.58 bits per heavy atom. The third kappa shape index (κ3) is 4.27. The van der Waals surface area contributed by atoms with E-state index >= 15 is 0 Å². The molecule has 0 aliphatic carbocycles. The lowest BCUT2D eigenvalue weighted by Gasteiger charge is -2.17. The number of hydrogen-bond donors (Lipinski definition) is 2. The molecule has 0 saturated heterocycles. The van der Waals surface area contributed by atoms with Gasteiger partial charge in [0.25, 0.3) is 0 Å². The van der Waals surface area contributed by atoms with E-state index in [0.29, 0.717) is 5.82 Å². The topological polar surface area (TPSA) is 59.0 Å². The van der Waals surface area contributed by atoms with E-state index in [1.807, 2.05) is 24.6 Å². The number of amides is 1. The molecule has 2 N–H and O–H groups in total. The summed E-state index contributed by atoms with van der Waals surface area (Å²) in [5.74, 6) is 0.331. The van der Waals surface area contributed by atoms with Gasteiger partial charge in [0.1, 0.15) is 5.82 Å². The quantitative estimate of drug-likeness (QED) is 0.863. The zero-order valence-corrected chi connectivity index (χ0v) is 13.6. The van der Waals surface area contributed by atoms with Crippen LogP contribution in [0.25, 0.3) is 0 Å². The lowest BCUT2D eigenvalue weighted by Crippen LogP contribution is -2.14. The minimum atomic E-state index is -4.46. The fourth-order valence-corrected chi connectivity index (χ4v) is 2.29. The summed E-state index contributed by atoms with van der Waals surface area (Å²) in [5, 5.41) is 5.45. The van der Waals surface area contributed by atoms with Crippen LogP contribution in [0.2, 0.25) is 0 Å². The van der Waals surface area contributed by atoms with Gasteiger partial charge in [-0.3, -0.25) is 4.79 Å². The van der Waals surface area contributed by atoms with Gasteiger partial charge >= 0.3 is 6.18 Å². The Labute approximate surface area is 137 Å². The van der Waals surface area contributed by atoms with Gasteiger partial charge in [0.2, 0.25) is 5.91 Å². The van der Waals surface area contributed by atoms with Gasteiger partial charge in [-0.25, -0.2) is 4.98 Å². The van der Waals surface area contributed by atoms with Crippen molar-refractivity contribution < 1.29 is 18.0 Å². The first kappa shape index (κ1) is 17.8. The number of halogens is 3. The molecule has 8 heteroatoms. The molecule has 2 rings (SSSR count). The smallest absolute Gasteiger partial charge is 0.376 e. The molecule has 24 heavy (non-hydrogen) atoms. The summed E-state index contributed by atoms with van der Waals surface area (Å²) in [5.41, 5.74) is -0.303. The molecule has 0 spiro atoms. The molecule has 1 heterocycles. The van der Waals surface area contributed by atoms with Crippen LogP contribution in [0.5, 0.6) is 0 Å². The number of aromatic nitrogens is 2. The number of nitrogens with one attached hydrogen (secondary N) is 2. The summed E-state index contributed by atoms with van der Waals surface area (Å²) in [4.78, 5) is 15.5. The number of benzene rings is 1. The second-order valence-electron chi connectivity index (χ2n) is 5.64. The first-order valence-electron chi connectivity index (χ1n) is 7.43. The highest BCUT2D eigenvalue weighted by Crippen LogP contribution is 2.34. The van der Waals surface area contributed by atoms with E-state index in [1.54, 1.807) is 6.20 Å². The van der Waals surface area contributed by atoms with Gasteiger partial charge in [-0.2, -0.15) is 13.2 Å². The molecule has 0 unspecified atom stereocenters. The number of carbonyl (C=O) groups is 1. The minimum Gasteiger partial charge on any atom is -0.376 e. The third-order valence-electron chi connectivity index (χ3n) is 3.40. The van der Waals surface area contributed by atoms with Gasteiger partial charge in [-0.05, 0) is 32.0 Å². The number of hydrogen-bond acceptors (Lipinski definition) is 3. The Hall–Kier alpha value is -2.51. The molecule has 0 bridgehead atoms. The second-order valence-corrected chi connectivity index (χ2v) is 5.64. The van der Waals surface area contributed by atoms with Crippen molar-refractivity contribution in [2.24, 2.45) is 0 Å². The lowest BCUT2D eigenvalue weighted by atomic mass is 10.1. The molecule has 1 aromatic carbocycles. The summed E-state index contributed by atoms with van der Waals surface area (Å²) in [6.07, 6.45) is -1.01. The van der Waals surface area contributed by atoms with Crippen LogP contribution >= 0.6 is 0 Å². The number of imidazole rings is 1. The molecule has 0 radical (unpaired) electrons. The van der Waals surface area contributed by atoms with Crippen LogP contribution in [0.4, 0.5) is 24.5 Å². The number of anilines is 2. The maximum Gasteiger partial charge on any atom is 0.416 e. The maximum atomic E-state index is 12.9. The van der Waals surface area contributed by atoms with Crippen molar-refractivity contribution in [1.82, 2.24) is 9.55 Å². The van der Waals surface area contributed by atoms with E-state index in [2.05, 4.69) is 15.6 Å². The maximum absolute atomic E-state index is 12.9. The molecule has 5 nitrogen and oxygen atoms in total. The van der Waals surface area contributed by atoms with Crippen LogP contribution in [-0.2, 0) is 17.5 Å². The summed E-state index contributed by atoms with van der Waals surface area (Å²) in [6, 6.07) is 3.33. The summed E-state index contributed by atoms with van der Waals surface area (Å²) < 4.78 is 40.7. The highest BCUT2D eigenvalue weighted by atomic mass is 19.4. The largest absolute Gasteiger partial charge is 0.416 e. The molecule has 0 aliphatic rings. The number of rotatable bonds is 5. The standard InChI is InChI=1S/C16H19F3N4O/c1-10(2)23-7-6-20-15(23)9-21-14-8-12(16(17,18)19)4-5-13(14)22-11(3)24/h4-8,10,21H,9H2,1-3H3,(H,22,24). The van der Waals surface area contributed by atoms with Gasteiger partial charge in [0.15, 0.2) is 0 Å².